The maximum atomic E-state index is 9.71. The molecule has 0 aliphatic carbocycles. The number of methoxy groups -OCH3 is 1. The molecule has 1 saturated heterocycles. The van der Waals surface area contributed by atoms with Gasteiger partial charge in [0.2, 0.25) is 0 Å². The Balaban J connectivity index is 2.09. The van der Waals surface area contributed by atoms with E-state index >= 15 is 0 Å². The molecule has 0 radical (unpaired) electrons. The smallest absolute Gasteiger partial charge is 0.0635 e. The number of aliphatic hydroxyl groups is 1. The van der Waals surface area contributed by atoms with Crippen molar-refractivity contribution >= 4 is 5.69 Å². The van der Waals surface area contributed by atoms with Crippen LogP contribution in [0.5, 0.6) is 0 Å². The van der Waals surface area contributed by atoms with Gasteiger partial charge in [0.15, 0.2) is 0 Å². The van der Waals surface area contributed by atoms with E-state index in [1.807, 2.05) is 0 Å². The highest BCUT2D eigenvalue weighted by Gasteiger charge is 2.22. The highest BCUT2D eigenvalue weighted by atomic mass is 16.5. The molecule has 0 amide bonds. The van der Waals surface area contributed by atoms with Crippen LogP contribution in [-0.4, -0.2) is 44.6 Å². The van der Waals surface area contributed by atoms with E-state index in [2.05, 4.69) is 34.5 Å². The Morgan fingerprint density at radius 3 is 2.95 bits per heavy atom. The van der Waals surface area contributed by atoms with Crippen LogP contribution in [0.2, 0.25) is 0 Å². The zero-order chi connectivity index (χ0) is 14.9. The Morgan fingerprint density at radius 1 is 1.29 bits per heavy atom. The van der Waals surface area contributed by atoms with Crippen LogP contribution in [0.15, 0.2) is 24.3 Å². The Kier molecular flexibility index (Phi) is 7.00. The fourth-order valence-electron chi connectivity index (χ4n) is 3.02. The van der Waals surface area contributed by atoms with Gasteiger partial charge in [-0.25, -0.2) is 0 Å². The number of aliphatic hydroxyl groups excluding tert-OH is 1. The normalized spacial score (nSPS) is 19.5. The third-order valence-corrected chi connectivity index (χ3v) is 4.19. The molecule has 0 aromatic heterocycles. The number of nitrogens with zero attached hydrogens (tertiary/aromatic N) is 1. The minimum atomic E-state index is 0.242. The topological polar surface area (TPSA) is 44.7 Å². The lowest BCUT2D eigenvalue weighted by Gasteiger charge is -2.32. The third kappa shape index (κ3) is 4.70. The lowest BCUT2D eigenvalue weighted by molar-refractivity contribution is 0.199. The molecule has 1 aliphatic heterocycles. The summed E-state index contributed by atoms with van der Waals surface area (Å²) in [6, 6.07) is 8.79. The largest absolute Gasteiger partial charge is 0.394 e. The van der Waals surface area contributed by atoms with Crippen molar-refractivity contribution in [2.24, 2.45) is 0 Å². The van der Waals surface area contributed by atoms with Crippen molar-refractivity contribution in [1.82, 2.24) is 5.32 Å². The van der Waals surface area contributed by atoms with E-state index in [4.69, 9.17) is 4.74 Å². The number of hydrogen-bond acceptors (Lipinski definition) is 4. The van der Waals surface area contributed by atoms with Gasteiger partial charge in [0.25, 0.3) is 0 Å². The summed E-state index contributed by atoms with van der Waals surface area (Å²) in [5.41, 5.74) is 2.57. The maximum Gasteiger partial charge on any atom is 0.0635 e. The van der Waals surface area contributed by atoms with Crippen LogP contribution in [0, 0.1) is 0 Å². The van der Waals surface area contributed by atoms with Gasteiger partial charge in [-0.1, -0.05) is 31.0 Å². The first-order chi connectivity index (χ1) is 10.4. The van der Waals surface area contributed by atoms with E-state index in [0.717, 1.165) is 32.7 Å². The van der Waals surface area contributed by atoms with E-state index in [1.165, 1.54) is 30.5 Å². The zero-order valence-corrected chi connectivity index (χ0v) is 13.1. The Labute approximate surface area is 128 Å². The molecule has 1 aliphatic rings. The molecular weight excluding hydrogens is 264 g/mol. The quantitative estimate of drug-likeness (QED) is 0.756. The van der Waals surface area contributed by atoms with Gasteiger partial charge in [0.05, 0.1) is 19.3 Å². The van der Waals surface area contributed by atoms with Crippen LogP contribution in [0.1, 0.15) is 31.2 Å². The maximum absolute atomic E-state index is 9.71. The fraction of sp³-hybridized carbons (Fsp3) is 0.647. The van der Waals surface area contributed by atoms with Gasteiger partial charge in [-0.3, -0.25) is 0 Å². The summed E-state index contributed by atoms with van der Waals surface area (Å²) in [7, 11) is 1.72. The Hall–Kier alpha value is -1.10. The highest BCUT2D eigenvalue weighted by Crippen LogP contribution is 2.27. The van der Waals surface area contributed by atoms with Crippen molar-refractivity contribution in [2.45, 2.75) is 38.3 Å². The zero-order valence-electron chi connectivity index (χ0n) is 13.1. The molecule has 1 fully saturated rings. The van der Waals surface area contributed by atoms with Crippen molar-refractivity contribution < 1.29 is 9.84 Å². The second kappa shape index (κ2) is 9.03. The van der Waals surface area contributed by atoms with Gasteiger partial charge in [0, 0.05) is 32.4 Å². The number of benzene rings is 1. The molecule has 0 bridgehead atoms. The Morgan fingerprint density at radius 2 is 2.14 bits per heavy atom. The molecule has 1 unspecified atom stereocenters. The summed E-state index contributed by atoms with van der Waals surface area (Å²) in [5.74, 6) is 0. The number of ether oxygens (including phenoxy) is 1. The lowest BCUT2D eigenvalue weighted by Crippen LogP contribution is -2.38. The van der Waals surface area contributed by atoms with Crippen LogP contribution in [0.25, 0.3) is 0 Å². The van der Waals surface area contributed by atoms with Crippen LogP contribution in [0.4, 0.5) is 5.69 Å². The van der Waals surface area contributed by atoms with Crippen molar-refractivity contribution in [2.75, 3.05) is 38.3 Å². The van der Waals surface area contributed by atoms with Crippen LogP contribution in [0.3, 0.4) is 0 Å². The van der Waals surface area contributed by atoms with Gasteiger partial charge >= 0.3 is 0 Å². The first-order valence-corrected chi connectivity index (χ1v) is 8.02. The molecular formula is C17H28N2O2. The minimum Gasteiger partial charge on any atom is -0.394 e. The minimum absolute atomic E-state index is 0.242. The summed E-state index contributed by atoms with van der Waals surface area (Å²) in [6.07, 6.45) is 4.78. The van der Waals surface area contributed by atoms with Gasteiger partial charge in [-0.05, 0) is 24.5 Å². The van der Waals surface area contributed by atoms with Crippen molar-refractivity contribution in [1.29, 1.82) is 0 Å². The summed E-state index contributed by atoms with van der Waals surface area (Å²) < 4.78 is 5.07. The van der Waals surface area contributed by atoms with Crippen LogP contribution in [-0.2, 0) is 11.3 Å². The standard InChI is InChI=1S/C17H28N2O2/c1-21-12-10-18-13-15-7-4-5-9-17(15)19-11-6-2-3-8-16(19)14-20/h4-5,7,9,16,18,20H,2-3,6,8,10-14H2,1H3. The first kappa shape index (κ1) is 16.3. The lowest BCUT2D eigenvalue weighted by atomic mass is 10.1. The number of anilines is 1. The molecule has 2 rings (SSSR count). The molecule has 4 heteroatoms. The van der Waals surface area contributed by atoms with E-state index in [1.54, 1.807) is 7.11 Å². The van der Waals surface area contributed by atoms with E-state index in [0.29, 0.717) is 0 Å². The monoisotopic (exact) mass is 292 g/mol. The molecule has 0 saturated carbocycles. The van der Waals surface area contributed by atoms with Gasteiger partial charge < -0.3 is 20.1 Å². The molecule has 1 atom stereocenters. The molecule has 2 N–H and O–H groups in total. The molecule has 1 heterocycles. The number of rotatable bonds is 7. The average molecular weight is 292 g/mol. The van der Waals surface area contributed by atoms with E-state index in [9.17, 15) is 5.11 Å². The first-order valence-electron chi connectivity index (χ1n) is 8.02. The van der Waals surface area contributed by atoms with Crippen molar-refractivity contribution in [3.8, 4) is 0 Å². The predicted molar refractivity (Wildman–Crippen MR) is 86.7 cm³/mol. The summed E-state index contributed by atoms with van der Waals surface area (Å²) >= 11 is 0. The van der Waals surface area contributed by atoms with Gasteiger partial charge in [-0.2, -0.15) is 0 Å². The van der Waals surface area contributed by atoms with Gasteiger partial charge in [-0.15, -0.1) is 0 Å². The third-order valence-electron chi connectivity index (χ3n) is 4.19. The van der Waals surface area contributed by atoms with Crippen molar-refractivity contribution in [3.63, 3.8) is 0 Å². The summed E-state index contributed by atoms with van der Waals surface area (Å²) in [6.45, 7) is 3.71. The molecule has 1 aromatic carbocycles. The average Bonchev–Trinajstić information content (AvgIpc) is 2.77. The van der Waals surface area contributed by atoms with Gasteiger partial charge in [0.1, 0.15) is 0 Å². The predicted octanol–water partition coefficient (Wildman–Crippen LogP) is 2.16. The summed E-state index contributed by atoms with van der Waals surface area (Å²) in [4.78, 5) is 2.40. The summed E-state index contributed by atoms with van der Waals surface area (Å²) in [5, 5.41) is 13.1. The number of para-hydroxylation sites is 1. The Bertz CT molecular complexity index is 412. The van der Waals surface area contributed by atoms with E-state index < -0.39 is 0 Å². The number of nitrogens with one attached hydrogen (secondary N) is 1. The number of hydrogen-bond donors (Lipinski definition) is 2. The SMILES string of the molecule is COCCNCc1ccccc1N1CCCCCC1CO. The molecule has 118 valence electrons. The van der Waals surface area contributed by atoms with Crippen LogP contribution < -0.4 is 10.2 Å². The fourth-order valence-corrected chi connectivity index (χ4v) is 3.02. The molecule has 21 heavy (non-hydrogen) atoms. The highest BCUT2D eigenvalue weighted by molar-refractivity contribution is 5.54. The van der Waals surface area contributed by atoms with E-state index in [-0.39, 0.29) is 12.6 Å². The molecule has 1 aromatic rings. The molecule has 4 nitrogen and oxygen atoms in total. The van der Waals surface area contributed by atoms with Crippen molar-refractivity contribution in [3.05, 3.63) is 29.8 Å². The second-order valence-electron chi connectivity index (χ2n) is 5.68. The van der Waals surface area contributed by atoms with Crippen LogP contribution >= 0.6 is 0 Å². The molecule has 0 spiro atoms. The second-order valence-corrected chi connectivity index (χ2v) is 5.68.